The first-order valence-corrected chi connectivity index (χ1v) is 9.21. The molecule has 1 saturated heterocycles. The average molecular weight is 299 g/mol. The highest BCUT2D eigenvalue weighted by molar-refractivity contribution is 7.91. The van der Waals surface area contributed by atoms with Gasteiger partial charge in [-0.15, -0.1) is 0 Å². The van der Waals surface area contributed by atoms with Crippen LogP contribution in [-0.2, 0) is 23.3 Å². The number of sulfone groups is 1. The minimum Gasteiger partial charge on any atom is -0.317 e. The maximum absolute atomic E-state index is 11.7. The van der Waals surface area contributed by atoms with E-state index in [4.69, 9.17) is 0 Å². The van der Waals surface area contributed by atoms with Crippen molar-refractivity contribution < 1.29 is 8.42 Å². The third-order valence-corrected chi connectivity index (χ3v) is 5.95. The van der Waals surface area contributed by atoms with Gasteiger partial charge in [-0.3, -0.25) is 4.68 Å². The second kappa shape index (κ2) is 6.72. The van der Waals surface area contributed by atoms with Gasteiger partial charge in [0, 0.05) is 13.2 Å². The van der Waals surface area contributed by atoms with E-state index in [9.17, 15) is 8.42 Å². The predicted molar refractivity (Wildman–Crippen MR) is 80.3 cm³/mol. The quantitative estimate of drug-likeness (QED) is 0.816. The molecule has 5 nitrogen and oxygen atoms in total. The molecule has 0 radical (unpaired) electrons. The van der Waals surface area contributed by atoms with E-state index in [0.717, 1.165) is 32.4 Å². The van der Waals surface area contributed by atoms with Crippen molar-refractivity contribution in [1.29, 1.82) is 0 Å². The van der Waals surface area contributed by atoms with E-state index < -0.39 is 9.84 Å². The number of rotatable bonds is 7. The largest absolute Gasteiger partial charge is 0.317 e. The molecule has 6 heteroatoms. The Morgan fingerprint density at radius 2 is 2.35 bits per heavy atom. The zero-order valence-electron chi connectivity index (χ0n) is 12.4. The Kier molecular flexibility index (Phi) is 5.21. The molecule has 2 atom stereocenters. The summed E-state index contributed by atoms with van der Waals surface area (Å²) in [6.07, 6.45) is 6.76. The topological polar surface area (TPSA) is 64.0 Å². The van der Waals surface area contributed by atoms with E-state index in [1.807, 2.05) is 24.1 Å². The third kappa shape index (κ3) is 4.31. The van der Waals surface area contributed by atoms with Crippen LogP contribution in [0.1, 0.15) is 25.3 Å². The van der Waals surface area contributed by atoms with E-state index in [0.29, 0.717) is 23.3 Å². The molecular weight excluding hydrogens is 274 g/mol. The van der Waals surface area contributed by atoms with Crippen molar-refractivity contribution in [3.63, 3.8) is 0 Å². The molecule has 1 aliphatic heterocycles. The van der Waals surface area contributed by atoms with Crippen molar-refractivity contribution >= 4 is 9.84 Å². The molecule has 0 aliphatic carbocycles. The second-order valence-electron chi connectivity index (χ2n) is 5.79. The molecule has 114 valence electrons. The van der Waals surface area contributed by atoms with Crippen LogP contribution in [0, 0.1) is 11.8 Å². The Bertz CT molecular complexity index is 524. The van der Waals surface area contributed by atoms with E-state index in [-0.39, 0.29) is 0 Å². The van der Waals surface area contributed by atoms with Gasteiger partial charge < -0.3 is 5.32 Å². The molecule has 0 amide bonds. The maximum atomic E-state index is 11.7. The van der Waals surface area contributed by atoms with Crippen LogP contribution in [-0.4, -0.2) is 42.8 Å². The zero-order valence-corrected chi connectivity index (χ0v) is 13.2. The predicted octanol–water partition coefficient (Wildman–Crippen LogP) is 1.01. The van der Waals surface area contributed by atoms with E-state index in [1.54, 1.807) is 0 Å². The number of aryl methyl sites for hydroxylation is 2. The molecule has 0 bridgehead atoms. The molecule has 1 aromatic heterocycles. The fourth-order valence-electron chi connectivity index (χ4n) is 2.98. The van der Waals surface area contributed by atoms with Crippen molar-refractivity contribution in [3.8, 4) is 0 Å². The van der Waals surface area contributed by atoms with Crippen LogP contribution in [0.4, 0.5) is 0 Å². The minimum atomic E-state index is -2.79. The van der Waals surface area contributed by atoms with Crippen molar-refractivity contribution in [1.82, 2.24) is 15.1 Å². The summed E-state index contributed by atoms with van der Waals surface area (Å²) in [5.41, 5.74) is 1.23. The standard InChI is InChI=1S/C14H25N3O2S/c1-3-15-9-13(14-6-7-20(18,19)11-14)5-4-12-8-16-17(2)10-12/h8,10,13-15H,3-7,9,11H2,1-2H3. The molecule has 0 spiro atoms. The smallest absolute Gasteiger partial charge is 0.150 e. The monoisotopic (exact) mass is 299 g/mol. The van der Waals surface area contributed by atoms with Gasteiger partial charge in [0.15, 0.2) is 9.84 Å². The molecule has 2 heterocycles. The molecule has 1 aromatic rings. The lowest BCUT2D eigenvalue weighted by Crippen LogP contribution is -2.29. The molecular formula is C14H25N3O2S. The Balaban J connectivity index is 1.93. The summed E-state index contributed by atoms with van der Waals surface area (Å²) in [6.45, 7) is 3.93. The lowest BCUT2D eigenvalue weighted by atomic mass is 9.87. The number of hydrogen-bond donors (Lipinski definition) is 1. The van der Waals surface area contributed by atoms with Crippen LogP contribution in [0.25, 0.3) is 0 Å². The Morgan fingerprint density at radius 3 is 2.90 bits per heavy atom. The summed E-state index contributed by atoms with van der Waals surface area (Å²) >= 11 is 0. The van der Waals surface area contributed by atoms with Crippen molar-refractivity contribution in [2.24, 2.45) is 18.9 Å². The summed E-state index contributed by atoms with van der Waals surface area (Å²) in [4.78, 5) is 0. The summed E-state index contributed by atoms with van der Waals surface area (Å²) < 4.78 is 25.1. The highest BCUT2D eigenvalue weighted by Crippen LogP contribution is 2.28. The van der Waals surface area contributed by atoms with Crippen molar-refractivity contribution in [2.75, 3.05) is 24.6 Å². The highest BCUT2D eigenvalue weighted by Gasteiger charge is 2.33. The normalized spacial score (nSPS) is 23.0. The second-order valence-corrected chi connectivity index (χ2v) is 8.02. The van der Waals surface area contributed by atoms with Crippen LogP contribution < -0.4 is 5.32 Å². The molecule has 20 heavy (non-hydrogen) atoms. The van der Waals surface area contributed by atoms with Crippen LogP contribution >= 0.6 is 0 Å². The summed E-state index contributed by atoms with van der Waals surface area (Å²) in [5.74, 6) is 1.49. The Morgan fingerprint density at radius 1 is 1.55 bits per heavy atom. The highest BCUT2D eigenvalue weighted by atomic mass is 32.2. The minimum absolute atomic E-state index is 0.315. The number of hydrogen-bond acceptors (Lipinski definition) is 4. The van der Waals surface area contributed by atoms with Crippen molar-refractivity contribution in [2.45, 2.75) is 26.2 Å². The fourth-order valence-corrected chi connectivity index (χ4v) is 4.90. The molecule has 2 unspecified atom stereocenters. The van der Waals surface area contributed by atoms with Crippen molar-refractivity contribution in [3.05, 3.63) is 18.0 Å². The number of nitrogens with zero attached hydrogens (tertiary/aromatic N) is 2. The molecule has 2 rings (SSSR count). The van der Waals surface area contributed by atoms with Gasteiger partial charge in [0.05, 0.1) is 17.7 Å². The van der Waals surface area contributed by atoms with E-state index >= 15 is 0 Å². The molecule has 1 N–H and O–H groups in total. The SMILES string of the molecule is CCNCC(CCc1cnn(C)c1)C1CCS(=O)(=O)C1. The van der Waals surface area contributed by atoms with E-state index in [2.05, 4.69) is 17.3 Å². The van der Waals surface area contributed by atoms with Gasteiger partial charge in [0.2, 0.25) is 0 Å². The summed E-state index contributed by atoms with van der Waals surface area (Å²) in [7, 11) is -0.869. The van der Waals surface area contributed by atoms with Gasteiger partial charge in [0.1, 0.15) is 0 Å². The molecule has 0 saturated carbocycles. The van der Waals surface area contributed by atoms with Gasteiger partial charge in [-0.05, 0) is 49.8 Å². The van der Waals surface area contributed by atoms with Crippen LogP contribution in [0.15, 0.2) is 12.4 Å². The first-order valence-electron chi connectivity index (χ1n) is 7.39. The molecule has 1 fully saturated rings. The van der Waals surface area contributed by atoms with Crippen LogP contribution in [0.3, 0.4) is 0 Å². The Labute approximate surface area is 121 Å². The van der Waals surface area contributed by atoms with Gasteiger partial charge in [-0.2, -0.15) is 5.10 Å². The number of aromatic nitrogens is 2. The van der Waals surface area contributed by atoms with Crippen LogP contribution in [0.5, 0.6) is 0 Å². The molecule has 0 aromatic carbocycles. The first-order chi connectivity index (χ1) is 9.50. The van der Waals surface area contributed by atoms with E-state index in [1.165, 1.54) is 5.56 Å². The van der Waals surface area contributed by atoms with Gasteiger partial charge in [-0.25, -0.2) is 8.42 Å². The number of nitrogens with one attached hydrogen (secondary N) is 1. The van der Waals surface area contributed by atoms with Gasteiger partial charge >= 0.3 is 0 Å². The van der Waals surface area contributed by atoms with Gasteiger partial charge in [-0.1, -0.05) is 6.92 Å². The first kappa shape index (κ1) is 15.5. The maximum Gasteiger partial charge on any atom is 0.150 e. The average Bonchev–Trinajstić information content (AvgIpc) is 2.95. The Hall–Kier alpha value is -0.880. The zero-order chi connectivity index (χ0) is 14.6. The summed E-state index contributed by atoms with van der Waals surface area (Å²) in [6, 6.07) is 0. The molecule has 1 aliphatic rings. The lowest BCUT2D eigenvalue weighted by Gasteiger charge is -2.22. The summed E-state index contributed by atoms with van der Waals surface area (Å²) in [5, 5.41) is 7.56. The third-order valence-electron chi connectivity index (χ3n) is 4.15. The van der Waals surface area contributed by atoms with Crippen LogP contribution in [0.2, 0.25) is 0 Å². The lowest BCUT2D eigenvalue weighted by molar-refractivity contribution is 0.328. The fraction of sp³-hybridized carbons (Fsp3) is 0.786. The van der Waals surface area contributed by atoms with Gasteiger partial charge in [0.25, 0.3) is 0 Å².